The van der Waals surface area contributed by atoms with E-state index in [-0.39, 0.29) is 17.8 Å². The van der Waals surface area contributed by atoms with Crippen LogP contribution >= 0.6 is 0 Å². The summed E-state index contributed by atoms with van der Waals surface area (Å²) in [6.45, 7) is 1.82. The minimum absolute atomic E-state index is 0.0959. The molecule has 20 heavy (non-hydrogen) atoms. The standard InChI is InChI=1S/C14H23N5O/c1-8-12(13(15)18-17-8)14(20)16-9-6-10-4-3-5-11(7-9)19(10)2/h9-11H,3-7H2,1-2H3,(H,16,20)(H3,15,17,18). The molecule has 6 nitrogen and oxygen atoms in total. The van der Waals surface area contributed by atoms with Gasteiger partial charge < -0.3 is 16.0 Å². The van der Waals surface area contributed by atoms with Gasteiger partial charge in [0.05, 0.1) is 0 Å². The summed E-state index contributed by atoms with van der Waals surface area (Å²) >= 11 is 0. The number of rotatable bonds is 2. The maximum absolute atomic E-state index is 12.4. The van der Waals surface area contributed by atoms with Gasteiger partial charge in [0.25, 0.3) is 5.91 Å². The second-order valence-corrected chi connectivity index (χ2v) is 6.15. The molecule has 1 aromatic heterocycles. The Balaban J connectivity index is 1.68. The first-order valence-electron chi connectivity index (χ1n) is 7.39. The second kappa shape index (κ2) is 5.09. The molecule has 2 fully saturated rings. The fourth-order valence-electron chi connectivity index (χ4n) is 3.73. The van der Waals surface area contributed by atoms with Crippen molar-refractivity contribution in [1.29, 1.82) is 0 Å². The van der Waals surface area contributed by atoms with E-state index < -0.39 is 0 Å². The predicted octanol–water partition coefficient (Wildman–Crippen LogP) is 1.05. The van der Waals surface area contributed by atoms with E-state index in [0.29, 0.717) is 17.6 Å². The lowest BCUT2D eigenvalue weighted by atomic mass is 9.82. The number of aromatic amines is 1. The number of nitrogen functional groups attached to an aromatic ring is 1. The highest BCUT2D eigenvalue weighted by Gasteiger charge is 2.36. The zero-order chi connectivity index (χ0) is 14.3. The Labute approximate surface area is 119 Å². The van der Waals surface area contributed by atoms with Crippen molar-refractivity contribution in [1.82, 2.24) is 20.4 Å². The van der Waals surface area contributed by atoms with Crippen LogP contribution in [0.25, 0.3) is 0 Å². The number of H-pyrrole nitrogens is 1. The SMILES string of the molecule is Cc1[nH]nc(N)c1C(=O)NC1CC2CCCC(C1)N2C. The van der Waals surface area contributed by atoms with Crippen LogP contribution in [0, 0.1) is 6.92 Å². The smallest absolute Gasteiger partial charge is 0.257 e. The Morgan fingerprint density at radius 1 is 1.40 bits per heavy atom. The van der Waals surface area contributed by atoms with E-state index in [2.05, 4.69) is 27.5 Å². The first kappa shape index (κ1) is 13.4. The number of aryl methyl sites for hydroxylation is 1. The van der Waals surface area contributed by atoms with Crippen molar-refractivity contribution in [2.75, 3.05) is 12.8 Å². The topological polar surface area (TPSA) is 87.0 Å². The highest BCUT2D eigenvalue weighted by molar-refractivity contribution is 5.99. The number of carbonyl (C=O) groups excluding carboxylic acids is 1. The molecule has 2 unspecified atom stereocenters. The first-order valence-corrected chi connectivity index (χ1v) is 7.39. The van der Waals surface area contributed by atoms with Crippen LogP contribution in [0.4, 0.5) is 5.82 Å². The molecule has 0 spiro atoms. The number of nitrogens with two attached hydrogens (primary N) is 1. The molecular weight excluding hydrogens is 254 g/mol. The largest absolute Gasteiger partial charge is 0.382 e. The zero-order valence-corrected chi connectivity index (χ0v) is 12.1. The Bertz CT molecular complexity index is 478. The Morgan fingerprint density at radius 3 is 2.60 bits per heavy atom. The number of nitrogens with one attached hydrogen (secondary N) is 2. The predicted molar refractivity (Wildman–Crippen MR) is 77.4 cm³/mol. The normalized spacial score (nSPS) is 30.2. The average Bonchev–Trinajstić information content (AvgIpc) is 2.70. The number of hydrogen-bond donors (Lipinski definition) is 3. The van der Waals surface area contributed by atoms with Crippen LogP contribution in [0.3, 0.4) is 0 Å². The number of fused-ring (bicyclic) bond motifs is 2. The van der Waals surface area contributed by atoms with Crippen LogP contribution < -0.4 is 11.1 Å². The molecule has 6 heteroatoms. The van der Waals surface area contributed by atoms with Gasteiger partial charge in [-0.05, 0) is 39.7 Å². The van der Waals surface area contributed by atoms with Gasteiger partial charge in [-0.1, -0.05) is 6.42 Å². The minimum Gasteiger partial charge on any atom is -0.382 e. The van der Waals surface area contributed by atoms with Gasteiger partial charge in [-0.15, -0.1) is 0 Å². The molecule has 4 N–H and O–H groups in total. The molecule has 2 saturated heterocycles. The van der Waals surface area contributed by atoms with E-state index in [4.69, 9.17) is 5.73 Å². The Morgan fingerprint density at radius 2 is 2.05 bits per heavy atom. The number of nitrogens with zero attached hydrogens (tertiary/aromatic N) is 2. The highest BCUT2D eigenvalue weighted by atomic mass is 16.1. The fourth-order valence-corrected chi connectivity index (χ4v) is 3.73. The summed E-state index contributed by atoms with van der Waals surface area (Å²) in [6, 6.07) is 1.47. The lowest BCUT2D eigenvalue weighted by Gasteiger charge is -2.47. The van der Waals surface area contributed by atoms with Crippen LogP contribution in [0.5, 0.6) is 0 Å². The van der Waals surface area contributed by atoms with E-state index in [0.717, 1.165) is 18.5 Å². The minimum atomic E-state index is -0.0959. The van der Waals surface area contributed by atoms with Gasteiger partial charge in [-0.2, -0.15) is 5.10 Å². The van der Waals surface area contributed by atoms with Crippen molar-refractivity contribution in [3.63, 3.8) is 0 Å². The summed E-state index contributed by atoms with van der Waals surface area (Å²) in [7, 11) is 2.21. The number of hydrogen-bond acceptors (Lipinski definition) is 4. The van der Waals surface area contributed by atoms with Crippen molar-refractivity contribution in [3.8, 4) is 0 Å². The van der Waals surface area contributed by atoms with Crippen LogP contribution in [0.15, 0.2) is 0 Å². The highest BCUT2D eigenvalue weighted by Crippen LogP contribution is 2.32. The summed E-state index contributed by atoms with van der Waals surface area (Å²) in [4.78, 5) is 14.8. The summed E-state index contributed by atoms with van der Waals surface area (Å²) < 4.78 is 0. The third-order valence-electron chi connectivity index (χ3n) is 4.88. The van der Waals surface area contributed by atoms with Crippen molar-refractivity contribution in [2.45, 2.75) is 57.2 Å². The molecule has 2 aliphatic heterocycles. The van der Waals surface area contributed by atoms with E-state index >= 15 is 0 Å². The summed E-state index contributed by atoms with van der Waals surface area (Å²) in [6.07, 6.45) is 5.87. The Hall–Kier alpha value is -1.56. The lowest BCUT2D eigenvalue weighted by Crippen LogP contribution is -2.55. The molecule has 2 bridgehead atoms. The molecule has 0 radical (unpaired) electrons. The van der Waals surface area contributed by atoms with Gasteiger partial charge in [0.2, 0.25) is 0 Å². The molecule has 3 heterocycles. The molecule has 1 aromatic rings. The summed E-state index contributed by atoms with van der Waals surface area (Å²) in [5.41, 5.74) is 6.97. The number of anilines is 1. The molecule has 2 aliphatic rings. The van der Waals surface area contributed by atoms with Gasteiger partial charge in [0.15, 0.2) is 5.82 Å². The van der Waals surface area contributed by atoms with E-state index in [1.165, 1.54) is 19.3 Å². The molecule has 0 saturated carbocycles. The number of carbonyl (C=O) groups is 1. The van der Waals surface area contributed by atoms with Crippen molar-refractivity contribution in [3.05, 3.63) is 11.3 Å². The van der Waals surface area contributed by atoms with Crippen LogP contribution in [-0.4, -0.2) is 46.2 Å². The summed E-state index contributed by atoms with van der Waals surface area (Å²) in [5, 5.41) is 9.79. The van der Waals surface area contributed by atoms with Gasteiger partial charge in [-0.25, -0.2) is 0 Å². The van der Waals surface area contributed by atoms with Gasteiger partial charge in [-0.3, -0.25) is 9.89 Å². The molecule has 1 amide bonds. The fraction of sp³-hybridized carbons (Fsp3) is 0.714. The number of aromatic nitrogens is 2. The quantitative estimate of drug-likeness (QED) is 0.754. The van der Waals surface area contributed by atoms with Crippen molar-refractivity contribution < 1.29 is 4.79 Å². The third kappa shape index (κ3) is 2.28. The summed E-state index contributed by atoms with van der Waals surface area (Å²) in [5.74, 6) is 0.189. The van der Waals surface area contributed by atoms with Crippen LogP contribution in [-0.2, 0) is 0 Å². The van der Waals surface area contributed by atoms with Gasteiger partial charge >= 0.3 is 0 Å². The lowest BCUT2D eigenvalue weighted by molar-refractivity contribution is 0.0463. The maximum Gasteiger partial charge on any atom is 0.257 e. The molecule has 110 valence electrons. The van der Waals surface area contributed by atoms with Crippen LogP contribution in [0.2, 0.25) is 0 Å². The zero-order valence-electron chi connectivity index (χ0n) is 12.1. The van der Waals surface area contributed by atoms with E-state index in [9.17, 15) is 4.79 Å². The van der Waals surface area contributed by atoms with Gasteiger partial charge in [0.1, 0.15) is 5.56 Å². The number of piperidine rings is 2. The number of amides is 1. The van der Waals surface area contributed by atoms with Crippen molar-refractivity contribution >= 4 is 11.7 Å². The maximum atomic E-state index is 12.4. The molecule has 0 aromatic carbocycles. The Kier molecular flexibility index (Phi) is 3.41. The second-order valence-electron chi connectivity index (χ2n) is 6.15. The molecule has 2 atom stereocenters. The monoisotopic (exact) mass is 277 g/mol. The third-order valence-corrected chi connectivity index (χ3v) is 4.88. The average molecular weight is 277 g/mol. The van der Waals surface area contributed by atoms with Gasteiger partial charge in [0, 0.05) is 23.8 Å². The molecule has 3 rings (SSSR count). The van der Waals surface area contributed by atoms with E-state index in [1.54, 1.807) is 0 Å². The molecular formula is C14H23N5O. The molecule has 0 aliphatic carbocycles. The van der Waals surface area contributed by atoms with E-state index in [1.807, 2.05) is 6.92 Å². The van der Waals surface area contributed by atoms with Crippen molar-refractivity contribution in [2.24, 2.45) is 0 Å². The first-order chi connectivity index (χ1) is 9.56. The van der Waals surface area contributed by atoms with Crippen LogP contribution in [0.1, 0.15) is 48.2 Å².